The molecule has 0 amide bonds. The Kier molecular flexibility index (Phi) is 6.19. The van der Waals surface area contributed by atoms with E-state index in [9.17, 15) is 0 Å². The lowest BCUT2D eigenvalue weighted by molar-refractivity contribution is -0.0443. The molecule has 6 aromatic carbocycles. The van der Waals surface area contributed by atoms with E-state index in [4.69, 9.17) is 15.0 Å². The summed E-state index contributed by atoms with van der Waals surface area (Å²) in [6.45, 7) is 4.88. The zero-order chi connectivity index (χ0) is 33.9. The largest absolute Gasteiger partial charge is 0.208 e. The maximum atomic E-state index is 5.33. The fourth-order valence-electron chi connectivity index (χ4n) is 11.6. The van der Waals surface area contributed by atoms with Crippen LogP contribution in [0, 0.1) is 23.7 Å². The van der Waals surface area contributed by atoms with Crippen molar-refractivity contribution in [1.29, 1.82) is 0 Å². The van der Waals surface area contributed by atoms with Crippen LogP contribution in [0.2, 0.25) is 0 Å². The van der Waals surface area contributed by atoms with Gasteiger partial charge in [0, 0.05) is 27.5 Å². The molecule has 4 fully saturated rings. The van der Waals surface area contributed by atoms with Gasteiger partial charge in [-0.2, -0.15) is 0 Å². The molecule has 4 bridgehead atoms. The smallest absolute Gasteiger partial charge is 0.164 e. The van der Waals surface area contributed by atoms with Crippen LogP contribution in [0.1, 0.15) is 68.2 Å². The highest BCUT2D eigenvalue weighted by Crippen LogP contribution is 2.68. The van der Waals surface area contributed by atoms with Crippen LogP contribution in [0.3, 0.4) is 0 Å². The second-order valence-electron chi connectivity index (χ2n) is 16.5. The SMILES string of the molecule is CC1(C)c2ccccc2C2(c3ccc(-c4nc(-c5cccc6ccccc56)nc(-c5cccc6ccccc56)n4)cc31)C1CC3CC(C1)CC2C3. The maximum absolute atomic E-state index is 5.33. The van der Waals surface area contributed by atoms with Gasteiger partial charge in [-0.05, 0) is 106 Å². The van der Waals surface area contributed by atoms with E-state index in [0.717, 1.165) is 45.1 Å². The van der Waals surface area contributed by atoms with E-state index in [0.29, 0.717) is 23.5 Å². The maximum Gasteiger partial charge on any atom is 0.164 e. The summed E-state index contributed by atoms with van der Waals surface area (Å²) in [6, 6.07) is 46.7. The second-order valence-corrected chi connectivity index (χ2v) is 16.5. The van der Waals surface area contributed by atoms with Gasteiger partial charge in [0.05, 0.1) is 0 Å². The molecule has 12 rings (SSSR count). The first-order valence-corrected chi connectivity index (χ1v) is 19.0. The quantitative estimate of drug-likeness (QED) is 0.189. The van der Waals surface area contributed by atoms with Crippen LogP contribution < -0.4 is 0 Å². The fraction of sp³-hybridized carbons (Fsp3) is 0.271. The van der Waals surface area contributed by atoms with Crippen molar-refractivity contribution < 1.29 is 0 Å². The number of benzene rings is 6. The topological polar surface area (TPSA) is 38.7 Å². The van der Waals surface area contributed by atoms with Crippen LogP contribution in [0.4, 0.5) is 0 Å². The van der Waals surface area contributed by atoms with E-state index in [1.807, 2.05) is 0 Å². The Bertz CT molecular complexity index is 2410. The van der Waals surface area contributed by atoms with E-state index in [2.05, 4.69) is 141 Å². The summed E-state index contributed by atoms with van der Waals surface area (Å²) in [6.07, 6.45) is 6.95. The van der Waals surface area contributed by atoms with Gasteiger partial charge in [-0.1, -0.05) is 135 Å². The van der Waals surface area contributed by atoms with Gasteiger partial charge in [0.15, 0.2) is 17.5 Å². The van der Waals surface area contributed by atoms with Gasteiger partial charge in [-0.15, -0.1) is 0 Å². The molecule has 5 aliphatic carbocycles. The van der Waals surface area contributed by atoms with Crippen molar-refractivity contribution in [2.45, 2.75) is 56.8 Å². The molecule has 3 nitrogen and oxygen atoms in total. The number of nitrogens with zero attached hydrogens (tertiary/aromatic N) is 3. The van der Waals surface area contributed by atoms with Crippen molar-refractivity contribution >= 4 is 21.5 Å². The highest BCUT2D eigenvalue weighted by atomic mass is 15.0. The van der Waals surface area contributed by atoms with Crippen LogP contribution in [0.5, 0.6) is 0 Å². The summed E-state index contributed by atoms with van der Waals surface area (Å²) in [7, 11) is 0. The first kappa shape index (κ1) is 29.6. The van der Waals surface area contributed by atoms with Gasteiger partial charge < -0.3 is 0 Å². The molecule has 1 spiro atoms. The predicted octanol–water partition coefficient (Wildman–Crippen LogP) is 11.6. The summed E-state index contributed by atoms with van der Waals surface area (Å²) < 4.78 is 0. The minimum atomic E-state index is -0.147. The van der Waals surface area contributed by atoms with Crippen molar-refractivity contribution in [1.82, 2.24) is 15.0 Å². The molecule has 51 heavy (non-hydrogen) atoms. The summed E-state index contributed by atoms with van der Waals surface area (Å²) in [4.78, 5) is 15.9. The Hall–Kier alpha value is -5.15. The lowest BCUT2D eigenvalue weighted by Crippen LogP contribution is -2.58. The predicted molar refractivity (Wildman–Crippen MR) is 208 cm³/mol. The zero-order valence-corrected chi connectivity index (χ0v) is 29.3. The second kappa shape index (κ2) is 10.7. The monoisotopic (exact) mass is 659 g/mol. The van der Waals surface area contributed by atoms with Gasteiger partial charge in [0.1, 0.15) is 0 Å². The van der Waals surface area contributed by atoms with Crippen LogP contribution >= 0.6 is 0 Å². The Morgan fingerprint density at radius 2 is 0.941 bits per heavy atom. The number of aromatic nitrogens is 3. The standard InChI is InChI=1S/C48H41N3/c1-47(2)40-19-7-8-20-41(40)48(34-24-29-23-30(26-34)27-35(48)25-29)42-22-21-33(28-43(42)47)44-49-45(38-17-9-13-31-11-3-5-15-36(31)38)51-46(50-44)39-18-10-14-32-12-4-6-16-37(32)39/h3-22,28-30,34-35H,23-27H2,1-2H3. The molecule has 0 radical (unpaired) electrons. The molecule has 0 N–H and O–H groups in total. The third-order valence-corrected chi connectivity index (χ3v) is 13.6. The Labute approximate surface area is 299 Å². The van der Waals surface area contributed by atoms with Gasteiger partial charge in [0.25, 0.3) is 0 Å². The van der Waals surface area contributed by atoms with Crippen LogP contribution in [-0.2, 0) is 10.8 Å². The van der Waals surface area contributed by atoms with Crippen molar-refractivity contribution in [3.05, 3.63) is 150 Å². The average Bonchev–Trinajstić information content (AvgIpc) is 3.17. The molecule has 3 heteroatoms. The van der Waals surface area contributed by atoms with Crippen molar-refractivity contribution in [3.63, 3.8) is 0 Å². The third kappa shape index (κ3) is 4.15. The van der Waals surface area contributed by atoms with E-state index in [1.165, 1.54) is 54.0 Å². The van der Waals surface area contributed by atoms with E-state index >= 15 is 0 Å². The van der Waals surface area contributed by atoms with E-state index in [-0.39, 0.29) is 10.8 Å². The minimum absolute atomic E-state index is 0.0920. The molecule has 0 unspecified atom stereocenters. The van der Waals surface area contributed by atoms with E-state index in [1.54, 1.807) is 11.1 Å². The summed E-state index contributed by atoms with van der Waals surface area (Å²) >= 11 is 0. The molecular formula is C48H41N3. The Balaban J connectivity index is 1.15. The number of rotatable bonds is 3. The van der Waals surface area contributed by atoms with Crippen molar-refractivity contribution in [2.24, 2.45) is 23.7 Å². The van der Waals surface area contributed by atoms with Crippen LogP contribution in [0.15, 0.2) is 127 Å². The van der Waals surface area contributed by atoms with Gasteiger partial charge in [-0.25, -0.2) is 15.0 Å². The van der Waals surface area contributed by atoms with E-state index < -0.39 is 0 Å². The highest BCUT2D eigenvalue weighted by molar-refractivity contribution is 5.97. The molecule has 4 saturated carbocycles. The lowest BCUT2D eigenvalue weighted by atomic mass is 9.39. The first-order valence-electron chi connectivity index (χ1n) is 19.0. The Morgan fingerprint density at radius 3 is 1.55 bits per heavy atom. The highest BCUT2D eigenvalue weighted by Gasteiger charge is 2.62. The van der Waals surface area contributed by atoms with Crippen LogP contribution in [-0.4, -0.2) is 15.0 Å². The third-order valence-electron chi connectivity index (χ3n) is 13.6. The van der Waals surface area contributed by atoms with Crippen molar-refractivity contribution in [3.8, 4) is 34.2 Å². The molecule has 0 atom stereocenters. The van der Waals surface area contributed by atoms with Gasteiger partial charge in [-0.3, -0.25) is 0 Å². The molecule has 5 aliphatic rings. The summed E-state index contributed by atoms with van der Waals surface area (Å²) in [5, 5.41) is 4.65. The number of hydrogen-bond acceptors (Lipinski definition) is 3. The first-order chi connectivity index (χ1) is 25.0. The van der Waals surface area contributed by atoms with Crippen molar-refractivity contribution in [2.75, 3.05) is 0 Å². The summed E-state index contributed by atoms with van der Waals surface area (Å²) in [5.74, 6) is 5.39. The average molecular weight is 660 g/mol. The zero-order valence-electron chi connectivity index (χ0n) is 29.3. The van der Waals surface area contributed by atoms with Gasteiger partial charge >= 0.3 is 0 Å². The molecular weight excluding hydrogens is 619 g/mol. The minimum Gasteiger partial charge on any atom is -0.208 e. The number of hydrogen-bond donors (Lipinski definition) is 0. The van der Waals surface area contributed by atoms with Crippen LogP contribution in [0.25, 0.3) is 55.7 Å². The fourth-order valence-corrected chi connectivity index (χ4v) is 11.6. The summed E-state index contributed by atoms with van der Waals surface area (Å²) in [5.41, 5.74) is 9.19. The van der Waals surface area contributed by atoms with Gasteiger partial charge in [0.2, 0.25) is 0 Å². The molecule has 0 saturated heterocycles. The lowest BCUT2D eigenvalue weighted by Gasteiger charge is -2.64. The molecule has 0 aliphatic heterocycles. The Morgan fingerprint density at radius 1 is 0.451 bits per heavy atom. The molecule has 1 heterocycles. The molecule has 1 aromatic heterocycles. The molecule has 248 valence electrons. The molecule has 7 aromatic rings. The number of fused-ring (bicyclic) bond motifs is 4. The normalized spacial score (nSPS) is 25.3.